The number of carbonyl (C=O) groups excluding carboxylic acids is 1. The number of rotatable bonds is 2. The Kier molecular flexibility index (Phi) is 2.49. The summed E-state index contributed by atoms with van der Waals surface area (Å²) in [6, 6.07) is 0.296. The molecule has 1 aliphatic rings. The van der Waals surface area contributed by atoms with Gasteiger partial charge in [-0.15, -0.1) is 0 Å². The average molecular weight is 157 g/mol. The summed E-state index contributed by atoms with van der Waals surface area (Å²) in [5, 5.41) is 8.91. The summed E-state index contributed by atoms with van der Waals surface area (Å²) in [5.74, 6) is 0.180. The Labute approximate surface area is 67.0 Å². The molecular weight excluding hydrogens is 142 g/mol. The minimum Gasteiger partial charge on any atom is -0.394 e. The van der Waals surface area contributed by atoms with E-state index in [1.165, 1.54) is 0 Å². The molecule has 64 valence electrons. The molecule has 1 aliphatic heterocycles. The monoisotopic (exact) mass is 157 g/mol. The Hall–Kier alpha value is -0.570. The van der Waals surface area contributed by atoms with E-state index in [-0.39, 0.29) is 24.6 Å². The first kappa shape index (κ1) is 8.53. The van der Waals surface area contributed by atoms with Crippen LogP contribution in [0.1, 0.15) is 26.7 Å². The van der Waals surface area contributed by atoms with Crippen molar-refractivity contribution in [2.24, 2.45) is 0 Å². The lowest BCUT2D eigenvalue weighted by Crippen LogP contribution is -2.40. The maximum absolute atomic E-state index is 11.2. The van der Waals surface area contributed by atoms with Crippen LogP contribution in [-0.2, 0) is 4.79 Å². The SMILES string of the molecule is CC(C)N1C(=O)CCC1CO. The van der Waals surface area contributed by atoms with Crippen LogP contribution in [0.2, 0.25) is 0 Å². The Morgan fingerprint density at radius 3 is 2.73 bits per heavy atom. The molecule has 0 radical (unpaired) electrons. The normalized spacial score (nSPS) is 25.3. The average Bonchev–Trinajstić information content (AvgIpc) is 2.30. The second-order valence-electron chi connectivity index (χ2n) is 3.27. The van der Waals surface area contributed by atoms with Crippen molar-refractivity contribution in [1.29, 1.82) is 0 Å². The molecule has 0 bridgehead atoms. The molecule has 3 heteroatoms. The molecule has 0 spiro atoms. The zero-order valence-electron chi connectivity index (χ0n) is 7.08. The molecule has 1 atom stereocenters. The van der Waals surface area contributed by atoms with E-state index in [0.717, 1.165) is 6.42 Å². The molecule has 1 saturated heterocycles. The smallest absolute Gasteiger partial charge is 0.223 e. The maximum Gasteiger partial charge on any atom is 0.223 e. The van der Waals surface area contributed by atoms with Crippen LogP contribution in [0, 0.1) is 0 Å². The molecule has 11 heavy (non-hydrogen) atoms. The fourth-order valence-corrected chi connectivity index (χ4v) is 1.65. The molecule has 1 rings (SSSR count). The summed E-state index contributed by atoms with van der Waals surface area (Å²) in [6.45, 7) is 4.06. The van der Waals surface area contributed by atoms with Gasteiger partial charge in [-0.2, -0.15) is 0 Å². The Bertz CT molecular complexity index is 156. The first-order chi connectivity index (χ1) is 5.16. The first-order valence-electron chi connectivity index (χ1n) is 4.09. The molecule has 0 aromatic carbocycles. The number of likely N-dealkylation sites (tertiary alicyclic amines) is 1. The molecule has 1 heterocycles. The van der Waals surface area contributed by atoms with E-state index < -0.39 is 0 Å². The van der Waals surface area contributed by atoms with Gasteiger partial charge in [-0.1, -0.05) is 0 Å². The van der Waals surface area contributed by atoms with Crippen molar-refractivity contribution in [3.05, 3.63) is 0 Å². The standard InChI is InChI=1S/C8H15NO2/c1-6(2)9-7(5-10)3-4-8(9)11/h6-7,10H,3-5H2,1-2H3. The van der Waals surface area contributed by atoms with Crippen LogP contribution in [0.4, 0.5) is 0 Å². The quantitative estimate of drug-likeness (QED) is 0.629. The number of carbonyl (C=O) groups is 1. The molecule has 1 N–H and O–H groups in total. The number of hydrogen-bond acceptors (Lipinski definition) is 2. The highest BCUT2D eigenvalue weighted by molar-refractivity contribution is 5.79. The van der Waals surface area contributed by atoms with Crippen molar-refractivity contribution >= 4 is 5.91 Å². The topological polar surface area (TPSA) is 40.5 Å². The summed E-state index contributed by atoms with van der Waals surface area (Å²) in [5.41, 5.74) is 0. The summed E-state index contributed by atoms with van der Waals surface area (Å²) in [6.07, 6.45) is 1.41. The predicted octanol–water partition coefficient (Wildman–Crippen LogP) is 0.378. The van der Waals surface area contributed by atoms with E-state index >= 15 is 0 Å². The largest absolute Gasteiger partial charge is 0.394 e. The Morgan fingerprint density at radius 2 is 2.36 bits per heavy atom. The van der Waals surface area contributed by atoms with Gasteiger partial charge < -0.3 is 10.0 Å². The van der Waals surface area contributed by atoms with Crippen LogP contribution in [-0.4, -0.2) is 34.6 Å². The van der Waals surface area contributed by atoms with Crippen molar-refractivity contribution < 1.29 is 9.90 Å². The number of hydrogen-bond donors (Lipinski definition) is 1. The van der Waals surface area contributed by atoms with Crippen molar-refractivity contribution in [2.75, 3.05) is 6.61 Å². The second kappa shape index (κ2) is 3.22. The van der Waals surface area contributed by atoms with E-state index in [0.29, 0.717) is 6.42 Å². The van der Waals surface area contributed by atoms with Gasteiger partial charge >= 0.3 is 0 Å². The lowest BCUT2D eigenvalue weighted by atomic mass is 10.2. The summed E-state index contributed by atoms with van der Waals surface area (Å²) >= 11 is 0. The lowest BCUT2D eigenvalue weighted by molar-refractivity contribution is -0.131. The molecule has 0 saturated carbocycles. The molecular formula is C8H15NO2. The van der Waals surface area contributed by atoms with Crippen LogP contribution >= 0.6 is 0 Å². The third-order valence-electron chi connectivity index (χ3n) is 2.14. The molecule has 3 nitrogen and oxygen atoms in total. The fourth-order valence-electron chi connectivity index (χ4n) is 1.65. The highest BCUT2D eigenvalue weighted by Gasteiger charge is 2.31. The van der Waals surface area contributed by atoms with Gasteiger partial charge in [0.15, 0.2) is 0 Å². The van der Waals surface area contributed by atoms with Gasteiger partial charge in [-0.3, -0.25) is 4.79 Å². The highest BCUT2D eigenvalue weighted by atomic mass is 16.3. The van der Waals surface area contributed by atoms with Crippen LogP contribution in [0.5, 0.6) is 0 Å². The summed E-state index contributed by atoms with van der Waals surface area (Å²) < 4.78 is 0. The predicted molar refractivity (Wildman–Crippen MR) is 42.1 cm³/mol. The zero-order chi connectivity index (χ0) is 8.43. The van der Waals surface area contributed by atoms with Crippen molar-refractivity contribution in [2.45, 2.75) is 38.8 Å². The van der Waals surface area contributed by atoms with Gasteiger partial charge in [-0.05, 0) is 20.3 Å². The van der Waals surface area contributed by atoms with Gasteiger partial charge in [0.2, 0.25) is 5.91 Å². The van der Waals surface area contributed by atoms with Crippen LogP contribution < -0.4 is 0 Å². The maximum atomic E-state index is 11.2. The third kappa shape index (κ3) is 1.53. The Balaban J connectivity index is 2.63. The van der Waals surface area contributed by atoms with Gasteiger partial charge in [-0.25, -0.2) is 0 Å². The van der Waals surface area contributed by atoms with E-state index in [1.54, 1.807) is 4.90 Å². The summed E-state index contributed by atoms with van der Waals surface area (Å²) in [7, 11) is 0. The second-order valence-corrected chi connectivity index (χ2v) is 3.27. The van der Waals surface area contributed by atoms with Gasteiger partial charge in [0, 0.05) is 12.5 Å². The first-order valence-corrected chi connectivity index (χ1v) is 4.09. The highest BCUT2D eigenvalue weighted by Crippen LogP contribution is 2.20. The third-order valence-corrected chi connectivity index (χ3v) is 2.14. The Morgan fingerprint density at radius 1 is 1.73 bits per heavy atom. The minimum atomic E-state index is 0.0718. The zero-order valence-corrected chi connectivity index (χ0v) is 7.08. The van der Waals surface area contributed by atoms with Crippen LogP contribution in [0.15, 0.2) is 0 Å². The number of amides is 1. The van der Waals surface area contributed by atoms with Gasteiger partial charge in [0.25, 0.3) is 0 Å². The molecule has 1 fully saturated rings. The fraction of sp³-hybridized carbons (Fsp3) is 0.875. The van der Waals surface area contributed by atoms with E-state index in [1.807, 2.05) is 13.8 Å². The summed E-state index contributed by atoms with van der Waals surface area (Å²) in [4.78, 5) is 13.0. The van der Waals surface area contributed by atoms with Crippen molar-refractivity contribution in [3.8, 4) is 0 Å². The molecule has 1 amide bonds. The van der Waals surface area contributed by atoms with E-state index in [2.05, 4.69) is 0 Å². The van der Waals surface area contributed by atoms with E-state index in [9.17, 15) is 4.79 Å². The number of aliphatic hydroxyl groups is 1. The number of aliphatic hydroxyl groups excluding tert-OH is 1. The van der Waals surface area contributed by atoms with Crippen molar-refractivity contribution in [3.63, 3.8) is 0 Å². The van der Waals surface area contributed by atoms with Crippen molar-refractivity contribution in [1.82, 2.24) is 4.90 Å². The molecule has 0 aromatic heterocycles. The van der Waals surface area contributed by atoms with E-state index in [4.69, 9.17) is 5.11 Å². The number of nitrogens with zero attached hydrogens (tertiary/aromatic N) is 1. The molecule has 1 unspecified atom stereocenters. The van der Waals surface area contributed by atoms with Gasteiger partial charge in [0.1, 0.15) is 0 Å². The molecule has 0 aliphatic carbocycles. The van der Waals surface area contributed by atoms with Gasteiger partial charge in [0.05, 0.1) is 12.6 Å². The molecule has 0 aromatic rings. The minimum absolute atomic E-state index is 0.0718. The lowest BCUT2D eigenvalue weighted by Gasteiger charge is -2.27. The van der Waals surface area contributed by atoms with Crippen LogP contribution in [0.25, 0.3) is 0 Å². The van der Waals surface area contributed by atoms with Crippen LogP contribution in [0.3, 0.4) is 0 Å².